The van der Waals surface area contributed by atoms with Crippen LogP contribution in [-0.2, 0) is 16.4 Å². The second-order valence-electron chi connectivity index (χ2n) is 7.50. The van der Waals surface area contributed by atoms with Gasteiger partial charge in [-0.1, -0.05) is 12.5 Å². The van der Waals surface area contributed by atoms with Crippen LogP contribution in [0.3, 0.4) is 0 Å². The van der Waals surface area contributed by atoms with Crippen LogP contribution in [0.2, 0.25) is 0 Å². The monoisotopic (exact) mass is 430 g/mol. The summed E-state index contributed by atoms with van der Waals surface area (Å²) in [5, 5.41) is 0. The lowest BCUT2D eigenvalue weighted by molar-refractivity contribution is 0.0985. The van der Waals surface area contributed by atoms with E-state index < -0.39 is 10.0 Å². The van der Waals surface area contributed by atoms with Gasteiger partial charge in [0.15, 0.2) is 11.5 Å². The van der Waals surface area contributed by atoms with Crippen molar-refractivity contribution in [2.75, 3.05) is 38.8 Å². The quantitative estimate of drug-likeness (QED) is 0.729. The number of benzene rings is 2. The molecule has 0 aromatic heterocycles. The van der Waals surface area contributed by atoms with Gasteiger partial charge in [0.05, 0.1) is 24.7 Å². The van der Waals surface area contributed by atoms with Crippen LogP contribution in [0, 0.1) is 0 Å². The molecule has 0 unspecified atom stereocenters. The number of piperidine rings is 1. The molecule has 0 spiro atoms. The number of para-hydroxylation sites is 1. The van der Waals surface area contributed by atoms with Gasteiger partial charge in [-0.2, -0.15) is 4.31 Å². The number of methoxy groups -OCH3 is 2. The van der Waals surface area contributed by atoms with Gasteiger partial charge in [-0.25, -0.2) is 8.42 Å². The van der Waals surface area contributed by atoms with Crippen molar-refractivity contribution >= 4 is 21.6 Å². The van der Waals surface area contributed by atoms with Crippen LogP contribution >= 0.6 is 0 Å². The fourth-order valence-corrected chi connectivity index (χ4v) is 5.77. The van der Waals surface area contributed by atoms with Crippen molar-refractivity contribution in [2.45, 2.75) is 30.6 Å². The Bertz CT molecular complexity index is 1060. The zero-order chi connectivity index (χ0) is 21.3. The molecule has 1 saturated heterocycles. The maximum Gasteiger partial charge on any atom is 0.262 e. The summed E-state index contributed by atoms with van der Waals surface area (Å²) >= 11 is 0. The first kappa shape index (κ1) is 20.7. The number of sulfonamides is 1. The summed E-state index contributed by atoms with van der Waals surface area (Å²) in [5.41, 5.74) is 2.01. The van der Waals surface area contributed by atoms with Crippen LogP contribution in [0.25, 0.3) is 0 Å². The first-order chi connectivity index (χ1) is 14.5. The van der Waals surface area contributed by atoms with Crippen molar-refractivity contribution in [3.8, 4) is 11.5 Å². The Balaban J connectivity index is 1.64. The number of hydrogen-bond donors (Lipinski definition) is 0. The molecule has 30 heavy (non-hydrogen) atoms. The number of fused-ring (bicyclic) bond motifs is 1. The summed E-state index contributed by atoms with van der Waals surface area (Å²) in [4.78, 5) is 15.2. The standard InChI is InChI=1S/C22H26N2O5S/c1-28-20-8-6-7-18(21(20)29-2)22(25)24-14-11-16-15-17(9-10-19(16)24)30(26,27)23-12-4-3-5-13-23/h6-10,15H,3-5,11-14H2,1-2H3. The molecule has 1 amide bonds. The predicted molar refractivity (Wildman–Crippen MR) is 114 cm³/mol. The molecular weight excluding hydrogens is 404 g/mol. The van der Waals surface area contributed by atoms with Gasteiger partial charge >= 0.3 is 0 Å². The van der Waals surface area contributed by atoms with Crippen LogP contribution < -0.4 is 14.4 Å². The van der Waals surface area contributed by atoms with E-state index >= 15 is 0 Å². The molecule has 2 aliphatic heterocycles. The average molecular weight is 431 g/mol. The summed E-state index contributed by atoms with van der Waals surface area (Å²) < 4.78 is 38.3. The first-order valence-electron chi connectivity index (χ1n) is 10.1. The Labute approximate surface area is 177 Å². The van der Waals surface area contributed by atoms with Gasteiger partial charge in [0.2, 0.25) is 10.0 Å². The number of carbonyl (C=O) groups is 1. The number of carbonyl (C=O) groups excluding carboxylic acids is 1. The summed E-state index contributed by atoms with van der Waals surface area (Å²) in [5.74, 6) is 0.685. The molecule has 0 aliphatic carbocycles. The van der Waals surface area contributed by atoms with Crippen molar-refractivity contribution in [1.29, 1.82) is 0 Å². The van der Waals surface area contributed by atoms with E-state index in [-0.39, 0.29) is 5.91 Å². The molecule has 7 nitrogen and oxygen atoms in total. The molecule has 0 saturated carbocycles. The van der Waals surface area contributed by atoms with E-state index in [9.17, 15) is 13.2 Å². The third kappa shape index (κ3) is 3.54. The minimum absolute atomic E-state index is 0.198. The smallest absolute Gasteiger partial charge is 0.262 e. The van der Waals surface area contributed by atoms with Crippen molar-refractivity contribution < 1.29 is 22.7 Å². The van der Waals surface area contributed by atoms with Crippen LogP contribution in [0.4, 0.5) is 5.69 Å². The minimum Gasteiger partial charge on any atom is -0.493 e. The highest BCUT2D eigenvalue weighted by Gasteiger charge is 2.31. The molecule has 0 atom stereocenters. The Kier molecular flexibility index (Phi) is 5.71. The SMILES string of the molecule is COc1cccc(C(=O)N2CCc3cc(S(=O)(=O)N4CCCCC4)ccc32)c1OC. The highest BCUT2D eigenvalue weighted by Crippen LogP contribution is 2.36. The second kappa shape index (κ2) is 8.28. The van der Waals surface area contributed by atoms with Crippen LogP contribution in [-0.4, -0.2) is 52.5 Å². The predicted octanol–water partition coefficient (Wildman–Crippen LogP) is 3.08. The Morgan fingerprint density at radius 2 is 1.73 bits per heavy atom. The van der Waals surface area contributed by atoms with E-state index in [1.807, 2.05) is 0 Å². The molecule has 2 aromatic carbocycles. The lowest BCUT2D eigenvalue weighted by Crippen LogP contribution is -2.35. The van der Waals surface area contributed by atoms with Crippen LogP contribution in [0.1, 0.15) is 35.2 Å². The normalized spacial score (nSPS) is 16.9. The number of nitrogens with zero attached hydrogens (tertiary/aromatic N) is 2. The molecule has 4 rings (SSSR count). The zero-order valence-corrected chi connectivity index (χ0v) is 18.1. The molecule has 2 aliphatic rings. The van der Waals surface area contributed by atoms with Gasteiger partial charge < -0.3 is 14.4 Å². The number of rotatable bonds is 5. The van der Waals surface area contributed by atoms with E-state index in [1.165, 1.54) is 14.2 Å². The van der Waals surface area contributed by atoms with E-state index in [4.69, 9.17) is 9.47 Å². The zero-order valence-electron chi connectivity index (χ0n) is 17.3. The molecule has 2 heterocycles. The van der Waals surface area contributed by atoms with E-state index in [1.54, 1.807) is 45.6 Å². The number of amides is 1. The highest BCUT2D eigenvalue weighted by atomic mass is 32.2. The van der Waals surface area contributed by atoms with Gasteiger partial charge in [-0.15, -0.1) is 0 Å². The summed E-state index contributed by atoms with van der Waals surface area (Å²) in [6.07, 6.45) is 3.47. The molecule has 1 fully saturated rings. The van der Waals surface area contributed by atoms with E-state index in [0.29, 0.717) is 48.0 Å². The van der Waals surface area contributed by atoms with E-state index in [2.05, 4.69) is 0 Å². The summed E-state index contributed by atoms with van der Waals surface area (Å²) in [6, 6.07) is 10.3. The molecule has 8 heteroatoms. The lowest BCUT2D eigenvalue weighted by atomic mass is 10.1. The fraction of sp³-hybridized carbons (Fsp3) is 0.409. The van der Waals surface area contributed by atoms with Gasteiger partial charge in [0.25, 0.3) is 5.91 Å². The maximum atomic E-state index is 13.3. The van der Waals surface area contributed by atoms with Crippen molar-refractivity contribution in [3.05, 3.63) is 47.5 Å². The minimum atomic E-state index is -3.50. The van der Waals surface area contributed by atoms with Gasteiger partial charge in [0, 0.05) is 25.3 Å². The third-order valence-corrected chi connectivity index (χ3v) is 7.67. The highest BCUT2D eigenvalue weighted by molar-refractivity contribution is 7.89. The topological polar surface area (TPSA) is 76.2 Å². The first-order valence-corrected chi connectivity index (χ1v) is 11.6. The van der Waals surface area contributed by atoms with Crippen LogP contribution in [0.15, 0.2) is 41.3 Å². The van der Waals surface area contributed by atoms with Crippen LogP contribution in [0.5, 0.6) is 11.5 Å². The Hall–Kier alpha value is -2.58. The van der Waals surface area contributed by atoms with Gasteiger partial charge in [-0.05, 0) is 55.2 Å². The van der Waals surface area contributed by atoms with Gasteiger partial charge in [-0.3, -0.25) is 4.79 Å². The largest absolute Gasteiger partial charge is 0.493 e. The third-order valence-electron chi connectivity index (χ3n) is 5.78. The summed E-state index contributed by atoms with van der Waals surface area (Å²) in [6.45, 7) is 1.63. The second-order valence-corrected chi connectivity index (χ2v) is 9.44. The number of hydrogen-bond acceptors (Lipinski definition) is 5. The van der Waals surface area contributed by atoms with Crippen molar-refractivity contribution in [3.63, 3.8) is 0 Å². The fourth-order valence-electron chi connectivity index (χ4n) is 4.20. The molecule has 0 radical (unpaired) electrons. The Morgan fingerprint density at radius 3 is 2.43 bits per heavy atom. The summed E-state index contributed by atoms with van der Waals surface area (Å²) in [7, 11) is -0.466. The van der Waals surface area contributed by atoms with E-state index in [0.717, 1.165) is 30.5 Å². The molecule has 160 valence electrons. The van der Waals surface area contributed by atoms with Crippen molar-refractivity contribution in [1.82, 2.24) is 4.31 Å². The van der Waals surface area contributed by atoms with Crippen molar-refractivity contribution in [2.24, 2.45) is 0 Å². The number of ether oxygens (including phenoxy) is 2. The Morgan fingerprint density at radius 1 is 0.967 bits per heavy atom. The maximum absolute atomic E-state index is 13.3. The molecule has 0 N–H and O–H groups in total. The molecule has 0 bridgehead atoms. The molecular formula is C22H26N2O5S. The molecule has 2 aromatic rings. The van der Waals surface area contributed by atoms with Gasteiger partial charge in [0.1, 0.15) is 0 Å². The number of anilines is 1. The lowest BCUT2D eigenvalue weighted by Gasteiger charge is -2.26. The average Bonchev–Trinajstić information content (AvgIpc) is 3.21.